The number of aliphatic hydroxyl groups is 1. The monoisotopic (exact) mass is 351 g/mol. The summed E-state index contributed by atoms with van der Waals surface area (Å²) in [5.74, 6) is 0.540. The highest BCUT2D eigenvalue weighted by Crippen LogP contribution is 2.28. The molecule has 0 radical (unpaired) electrons. The van der Waals surface area contributed by atoms with Crippen molar-refractivity contribution in [3.05, 3.63) is 16.1 Å². The molecule has 1 aromatic heterocycles. The van der Waals surface area contributed by atoms with E-state index in [0.29, 0.717) is 25.4 Å². The lowest BCUT2D eigenvalue weighted by Crippen LogP contribution is -2.58. The number of nitrogens with zero attached hydrogens (tertiary/aromatic N) is 2. The van der Waals surface area contributed by atoms with Crippen LogP contribution in [0.5, 0.6) is 0 Å². The number of piperidine rings is 1. The first-order valence-electron chi connectivity index (χ1n) is 9.20. The Morgan fingerprint density at radius 1 is 1.38 bits per heavy atom. The van der Waals surface area contributed by atoms with Crippen LogP contribution in [0.3, 0.4) is 0 Å². The SMILES string of the molecule is Cc1csc(CNC[C@@]2(O)CCCN(CC3CCCCC3)C2=O)n1. The fraction of sp³-hybridized carbons (Fsp3) is 0.778. The summed E-state index contributed by atoms with van der Waals surface area (Å²) in [6.45, 7) is 4.51. The molecule has 5 nitrogen and oxygen atoms in total. The molecule has 0 bridgehead atoms. The second kappa shape index (κ2) is 7.93. The van der Waals surface area contributed by atoms with E-state index >= 15 is 0 Å². The first-order valence-corrected chi connectivity index (χ1v) is 10.1. The molecular formula is C18H29N3O2S. The third-order valence-corrected chi connectivity index (χ3v) is 6.23. The standard InChI is InChI=1S/C18H29N3O2S/c1-14-12-24-16(20-14)10-19-13-18(23)8-5-9-21(17(18)22)11-15-6-3-2-4-7-15/h12,15,19,23H,2-11,13H2,1H3/t18-/m0/s1. The summed E-state index contributed by atoms with van der Waals surface area (Å²) >= 11 is 1.61. The van der Waals surface area contributed by atoms with Crippen molar-refractivity contribution in [2.75, 3.05) is 19.6 Å². The van der Waals surface area contributed by atoms with Crippen LogP contribution in [-0.2, 0) is 11.3 Å². The van der Waals surface area contributed by atoms with Crippen LogP contribution in [0.2, 0.25) is 0 Å². The maximum absolute atomic E-state index is 12.8. The van der Waals surface area contributed by atoms with E-state index in [9.17, 15) is 9.90 Å². The fourth-order valence-electron chi connectivity index (χ4n) is 3.94. The molecule has 0 aromatic carbocycles. The molecule has 1 saturated heterocycles. The van der Waals surface area contributed by atoms with Crippen molar-refractivity contribution in [3.63, 3.8) is 0 Å². The number of hydrogen-bond donors (Lipinski definition) is 2. The van der Waals surface area contributed by atoms with Gasteiger partial charge >= 0.3 is 0 Å². The highest BCUT2D eigenvalue weighted by molar-refractivity contribution is 7.09. The molecule has 0 unspecified atom stereocenters. The summed E-state index contributed by atoms with van der Waals surface area (Å²) in [7, 11) is 0. The molecular weight excluding hydrogens is 322 g/mol. The van der Waals surface area contributed by atoms with Gasteiger partial charge in [0.2, 0.25) is 0 Å². The lowest BCUT2D eigenvalue weighted by molar-refractivity contribution is -0.157. The van der Waals surface area contributed by atoms with E-state index in [0.717, 1.165) is 30.2 Å². The van der Waals surface area contributed by atoms with E-state index in [1.807, 2.05) is 17.2 Å². The van der Waals surface area contributed by atoms with Gasteiger partial charge in [-0.3, -0.25) is 4.79 Å². The number of nitrogens with one attached hydrogen (secondary N) is 1. The van der Waals surface area contributed by atoms with Gasteiger partial charge in [-0.1, -0.05) is 19.3 Å². The number of thiazole rings is 1. The minimum absolute atomic E-state index is 0.0813. The zero-order chi connectivity index (χ0) is 17.0. The van der Waals surface area contributed by atoms with Crippen molar-refractivity contribution in [3.8, 4) is 0 Å². The molecule has 1 amide bonds. The van der Waals surface area contributed by atoms with Crippen LogP contribution in [-0.4, -0.2) is 46.1 Å². The molecule has 0 spiro atoms. The van der Waals surface area contributed by atoms with Crippen molar-refractivity contribution in [1.29, 1.82) is 0 Å². The molecule has 134 valence electrons. The number of likely N-dealkylation sites (tertiary alicyclic amines) is 1. The molecule has 24 heavy (non-hydrogen) atoms. The molecule has 1 saturated carbocycles. The van der Waals surface area contributed by atoms with Gasteiger partial charge in [0.1, 0.15) is 5.01 Å². The maximum atomic E-state index is 12.8. The molecule has 1 aliphatic heterocycles. The lowest BCUT2D eigenvalue weighted by Gasteiger charge is -2.40. The zero-order valence-corrected chi connectivity index (χ0v) is 15.4. The van der Waals surface area contributed by atoms with Gasteiger partial charge in [0.25, 0.3) is 5.91 Å². The molecule has 3 rings (SSSR count). The maximum Gasteiger partial charge on any atom is 0.255 e. The number of carbonyl (C=O) groups excluding carboxylic acids is 1. The second-order valence-corrected chi connectivity index (χ2v) is 8.32. The van der Waals surface area contributed by atoms with Gasteiger partial charge in [-0.15, -0.1) is 11.3 Å². The number of amides is 1. The van der Waals surface area contributed by atoms with E-state index in [-0.39, 0.29) is 5.91 Å². The predicted molar refractivity (Wildman–Crippen MR) is 95.9 cm³/mol. The van der Waals surface area contributed by atoms with Crippen molar-refractivity contribution in [2.45, 2.75) is 64.0 Å². The quantitative estimate of drug-likeness (QED) is 0.826. The highest BCUT2D eigenvalue weighted by Gasteiger charge is 2.42. The van der Waals surface area contributed by atoms with Gasteiger partial charge in [0.05, 0.1) is 0 Å². The summed E-state index contributed by atoms with van der Waals surface area (Å²) < 4.78 is 0. The Balaban J connectivity index is 1.52. The van der Waals surface area contributed by atoms with Crippen molar-refractivity contribution in [1.82, 2.24) is 15.2 Å². The Morgan fingerprint density at radius 3 is 2.88 bits per heavy atom. The topological polar surface area (TPSA) is 65.5 Å². The number of carbonyl (C=O) groups is 1. The largest absolute Gasteiger partial charge is 0.379 e. The third kappa shape index (κ3) is 4.35. The van der Waals surface area contributed by atoms with Crippen molar-refractivity contribution in [2.24, 2.45) is 5.92 Å². The van der Waals surface area contributed by atoms with Gasteiger partial charge in [-0.25, -0.2) is 4.98 Å². The number of hydrogen-bond acceptors (Lipinski definition) is 5. The summed E-state index contributed by atoms with van der Waals surface area (Å²) in [6, 6.07) is 0. The Bertz CT molecular complexity index is 556. The van der Waals surface area contributed by atoms with Crippen LogP contribution >= 0.6 is 11.3 Å². The highest BCUT2D eigenvalue weighted by atomic mass is 32.1. The van der Waals surface area contributed by atoms with Gasteiger partial charge in [-0.2, -0.15) is 0 Å². The fourth-order valence-corrected chi connectivity index (χ4v) is 4.69. The number of aryl methyl sites for hydroxylation is 1. The zero-order valence-electron chi connectivity index (χ0n) is 14.6. The van der Waals surface area contributed by atoms with Crippen LogP contribution < -0.4 is 5.32 Å². The number of rotatable bonds is 6. The molecule has 2 fully saturated rings. The van der Waals surface area contributed by atoms with Crippen LogP contribution in [0.1, 0.15) is 55.6 Å². The molecule has 2 heterocycles. The normalized spacial score (nSPS) is 26.1. The third-order valence-electron chi connectivity index (χ3n) is 5.27. The van der Waals surface area contributed by atoms with Gasteiger partial charge in [0, 0.05) is 37.3 Å². The second-order valence-electron chi connectivity index (χ2n) is 7.38. The lowest BCUT2D eigenvalue weighted by atomic mass is 9.86. The molecule has 2 N–H and O–H groups in total. The molecule has 1 atom stereocenters. The van der Waals surface area contributed by atoms with E-state index in [4.69, 9.17) is 0 Å². The number of aromatic nitrogens is 1. The average Bonchev–Trinajstić information content (AvgIpc) is 2.98. The Hall–Kier alpha value is -0.980. The smallest absolute Gasteiger partial charge is 0.255 e. The van der Waals surface area contributed by atoms with Gasteiger partial charge in [0.15, 0.2) is 5.60 Å². The average molecular weight is 352 g/mol. The van der Waals surface area contributed by atoms with Crippen LogP contribution in [0.25, 0.3) is 0 Å². The van der Waals surface area contributed by atoms with E-state index < -0.39 is 5.60 Å². The van der Waals surface area contributed by atoms with Crippen molar-refractivity contribution < 1.29 is 9.90 Å². The first kappa shape index (κ1) is 17.8. The van der Waals surface area contributed by atoms with Crippen LogP contribution in [0, 0.1) is 12.8 Å². The van der Waals surface area contributed by atoms with Gasteiger partial charge in [-0.05, 0) is 38.5 Å². The molecule has 1 aromatic rings. The first-order chi connectivity index (χ1) is 11.6. The minimum Gasteiger partial charge on any atom is -0.379 e. The molecule has 2 aliphatic rings. The Kier molecular flexibility index (Phi) is 5.89. The minimum atomic E-state index is -1.25. The van der Waals surface area contributed by atoms with Gasteiger partial charge < -0.3 is 15.3 Å². The summed E-state index contributed by atoms with van der Waals surface area (Å²) in [4.78, 5) is 19.1. The van der Waals surface area contributed by atoms with Crippen LogP contribution in [0.4, 0.5) is 0 Å². The summed E-state index contributed by atoms with van der Waals surface area (Å²) in [6.07, 6.45) is 7.78. The van der Waals surface area contributed by atoms with E-state index in [1.165, 1.54) is 32.1 Å². The molecule has 1 aliphatic carbocycles. The summed E-state index contributed by atoms with van der Waals surface area (Å²) in [5, 5.41) is 17.1. The summed E-state index contributed by atoms with van der Waals surface area (Å²) in [5.41, 5.74) is -0.234. The Labute approximate surface area is 148 Å². The van der Waals surface area contributed by atoms with Crippen LogP contribution in [0.15, 0.2) is 5.38 Å². The Morgan fingerprint density at radius 2 is 2.17 bits per heavy atom. The van der Waals surface area contributed by atoms with E-state index in [1.54, 1.807) is 11.3 Å². The van der Waals surface area contributed by atoms with Crippen molar-refractivity contribution >= 4 is 17.2 Å². The predicted octanol–water partition coefficient (Wildman–Crippen LogP) is 2.47. The molecule has 6 heteroatoms. The van der Waals surface area contributed by atoms with E-state index in [2.05, 4.69) is 10.3 Å².